The van der Waals surface area contributed by atoms with Crippen molar-refractivity contribution >= 4 is 36.3 Å². The molecular formula is C12H15NO4S2. The summed E-state index contributed by atoms with van der Waals surface area (Å²) in [6.45, 7) is 1.75. The van der Waals surface area contributed by atoms with E-state index >= 15 is 0 Å². The Hall–Kier alpha value is -1.08. The summed E-state index contributed by atoms with van der Waals surface area (Å²) in [6.07, 6.45) is 1.52. The van der Waals surface area contributed by atoms with Gasteiger partial charge in [-0.3, -0.25) is 4.79 Å². The normalized spacial score (nSPS) is 24.4. The lowest BCUT2D eigenvalue weighted by Crippen LogP contribution is -2.45. The zero-order valence-corrected chi connectivity index (χ0v) is 12.1. The third kappa shape index (κ3) is 2.76. The van der Waals surface area contributed by atoms with Crippen molar-refractivity contribution in [3.8, 4) is 0 Å². The number of hydrogen-bond donors (Lipinski definition) is 2. The molecule has 5 nitrogen and oxygen atoms in total. The van der Waals surface area contributed by atoms with E-state index in [2.05, 4.69) is 12.6 Å². The highest BCUT2D eigenvalue weighted by atomic mass is 32.2. The third-order valence-electron chi connectivity index (χ3n) is 3.02. The standard InChI is InChI=1S/C12H15NO4S2/c1-7(5-18)10(14)13-8(12(15)16)6-19-11(13)9-3-2-4-17-9/h2-4,7-8,11,18H,5-6H2,1H3,(H,15,16)/t7?,8-,11?/m0/s1. The molecule has 7 heteroatoms. The van der Waals surface area contributed by atoms with E-state index in [-0.39, 0.29) is 17.2 Å². The monoisotopic (exact) mass is 301 g/mol. The second kappa shape index (κ2) is 5.92. The largest absolute Gasteiger partial charge is 0.480 e. The molecule has 19 heavy (non-hydrogen) atoms. The van der Waals surface area contributed by atoms with Gasteiger partial charge in [0.2, 0.25) is 5.91 Å². The van der Waals surface area contributed by atoms with E-state index in [0.717, 1.165) is 0 Å². The molecule has 0 spiro atoms. The summed E-state index contributed by atoms with van der Waals surface area (Å²) in [5.41, 5.74) is 0. The molecule has 0 aliphatic carbocycles. The minimum Gasteiger partial charge on any atom is -0.480 e. The van der Waals surface area contributed by atoms with Crippen molar-refractivity contribution < 1.29 is 19.1 Å². The molecule has 1 aliphatic heterocycles. The Morgan fingerprint density at radius 3 is 2.95 bits per heavy atom. The molecule has 2 rings (SSSR count). The van der Waals surface area contributed by atoms with E-state index in [4.69, 9.17) is 4.42 Å². The number of aliphatic carboxylic acids is 1. The summed E-state index contributed by atoms with van der Waals surface area (Å²) >= 11 is 5.51. The molecule has 0 aromatic carbocycles. The summed E-state index contributed by atoms with van der Waals surface area (Å²) in [7, 11) is 0. The molecule has 104 valence electrons. The second-order valence-electron chi connectivity index (χ2n) is 4.38. The van der Waals surface area contributed by atoms with Gasteiger partial charge in [0, 0.05) is 17.4 Å². The van der Waals surface area contributed by atoms with Crippen molar-refractivity contribution in [3.05, 3.63) is 24.2 Å². The number of carbonyl (C=O) groups excluding carboxylic acids is 1. The average Bonchev–Trinajstić information content (AvgIpc) is 3.04. The first-order valence-corrected chi connectivity index (χ1v) is 7.55. The van der Waals surface area contributed by atoms with Crippen LogP contribution in [0.2, 0.25) is 0 Å². The number of nitrogens with zero attached hydrogens (tertiary/aromatic N) is 1. The van der Waals surface area contributed by atoms with E-state index in [1.54, 1.807) is 19.1 Å². The number of carboxylic acids is 1. The number of hydrogen-bond acceptors (Lipinski definition) is 5. The SMILES string of the molecule is CC(CS)C(=O)N1C(c2ccco2)SC[C@H]1C(=O)O. The predicted molar refractivity (Wildman–Crippen MR) is 75.2 cm³/mol. The van der Waals surface area contributed by atoms with Crippen LogP contribution in [-0.4, -0.2) is 39.4 Å². The Kier molecular flexibility index (Phi) is 4.46. The first-order chi connectivity index (χ1) is 9.06. The first kappa shape index (κ1) is 14.3. The van der Waals surface area contributed by atoms with Crippen LogP contribution in [0.25, 0.3) is 0 Å². The average molecular weight is 301 g/mol. The molecule has 0 bridgehead atoms. The van der Waals surface area contributed by atoms with Crippen molar-refractivity contribution in [3.63, 3.8) is 0 Å². The Labute approximate surface area is 120 Å². The Morgan fingerprint density at radius 1 is 1.68 bits per heavy atom. The fourth-order valence-electron chi connectivity index (χ4n) is 1.95. The molecule has 2 heterocycles. The van der Waals surface area contributed by atoms with Gasteiger partial charge < -0.3 is 14.4 Å². The smallest absolute Gasteiger partial charge is 0.327 e. The number of thioether (sulfide) groups is 1. The molecule has 1 amide bonds. The molecule has 1 aromatic heterocycles. The van der Waals surface area contributed by atoms with Gasteiger partial charge in [0.25, 0.3) is 0 Å². The first-order valence-electron chi connectivity index (χ1n) is 5.87. The molecule has 1 N–H and O–H groups in total. The lowest BCUT2D eigenvalue weighted by Gasteiger charge is -2.28. The third-order valence-corrected chi connectivity index (χ3v) is 4.85. The van der Waals surface area contributed by atoms with Crippen LogP contribution < -0.4 is 0 Å². The summed E-state index contributed by atoms with van der Waals surface area (Å²) in [4.78, 5) is 25.1. The fraction of sp³-hybridized carbons (Fsp3) is 0.500. The number of carboxylic acid groups (broad SMARTS) is 1. The molecule has 1 aliphatic rings. The van der Waals surface area contributed by atoms with Crippen LogP contribution in [0.4, 0.5) is 0 Å². The van der Waals surface area contributed by atoms with Crippen molar-refractivity contribution in [1.82, 2.24) is 4.90 Å². The molecule has 1 aromatic rings. The van der Waals surface area contributed by atoms with Crippen LogP contribution in [0.1, 0.15) is 18.1 Å². The highest BCUT2D eigenvalue weighted by Crippen LogP contribution is 2.42. The van der Waals surface area contributed by atoms with Crippen LogP contribution in [0.15, 0.2) is 22.8 Å². The van der Waals surface area contributed by atoms with Gasteiger partial charge in [0.05, 0.1) is 6.26 Å². The van der Waals surface area contributed by atoms with Crippen LogP contribution >= 0.6 is 24.4 Å². The quantitative estimate of drug-likeness (QED) is 0.831. The van der Waals surface area contributed by atoms with E-state index in [1.165, 1.54) is 22.9 Å². The molecular weight excluding hydrogens is 286 g/mol. The minimum atomic E-state index is -0.985. The summed E-state index contributed by atoms with van der Waals surface area (Å²) < 4.78 is 5.31. The lowest BCUT2D eigenvalue weighted by molar-refractivity contribution is -0.150. The van der Waals surface area contributed by atoms with Gasteiger partial charge >= 0.3 is 5.97 Å². The van der Waals surface area contributed by atoms with Gasteiger partial charge in [-0.2, -0.15) is 12.6 Å². The Balaban J connectivity index is 2.29. The molecule has 1 saturated heterocycles. The maximum Gasteiger partial charge on any atom is 0.327 e. The van der Waals surface area contributed by atoms with Gasteiger partial charge in [0.1, 0.15) is 17.2 Å². The van der Waals surface area contributed by atoms with Crippen LogP contribution in [-0.2, 0) is 9.59 Å². The topological polar surface area (TPSA) is 70.8 Å². The van der Waals surface area contributed by atoms with Crippen LogP contribution in [0.5, 0.6) is 0 Å². The summed E-state index contributed by atoms with van der Waals surface area (Å²) in [5.74, 6) is -0.145. The lowest BCUT2D eigenvalue weighted by atomic mass is 10.1. The maximum atomic E-state index is 12.4. The Bertz CT molecular complexity index is 462. The van der Waals surface area contributed by atoms with Gasteiger partial charge in [-0.15, -0.1) is 11.8 Å². The summed E-state index contributed by atoms with van der Waals surface area (Å²) in [5, 5.41) is 8.88. The number of rotatable bonds is 4. The van der Waals surface area contributed by atoms with Crippen molar-refractivity contribution in [1.29, 1.82) is 0 Å². The van der Waals surface area contributed by atoms with Gasteiger partial charge in [0.15, 0.2) is 0 Å². The van der Waals surface area contributed by atoms with Gasteiger partial charge in [-0.25, -0.2) is 4.79 Å². The summed E-state index contributed by atoms with van der Waals surface area (Å²) in [6, 6.07) is 2.68. The van der Waals surface area contributed by atoms with Crippen molar-refractivity contribution in [2.24, 2.45) is 5.92 Å². The number of thiol groups is 1. The highest BCUT2D eigenvalue weighted by Gasteiger charge is 2.44. The fourth-order valence-corrected chi connectivity index (χ4v) is 3.48. The maximum absolute atomic E-state index is 12.4. The van der Waals surface area contributed by atoms with Crippen molar-refractivity contribution in [2.45, 2.75) is 18.3 Å². The minimum absolute atomic E-state index is 0.200. The van der Waals surface area contributed by atoms with E-state index in [9.17, 15) is 14.7 Å². The van der Waals surface area contributed by atoms with Crippen LogP contribution in [0.3, 0.4) is 0 Å². The Morgan fingerprint density at radius 2 is 2.42 bits per heavy atom. The molecule has 2 unspecified atom stereocenters. The zero-order valence-electron chi connectivity index (χ0n) is 10.4. The number of furan rings is 1. The van der Waals surface area contributed by atoms with E-state index in [1.807, 2.05) is 0 Å². The van der Waals surface area contributed by atoms with Gasteiger partial charge in [-0.05, 0) is 12.1 Å². The predicted octanol–water partition coefficient (Wildman–Crippen LogP) is 1.87. The number of amides is 1. The molecule has 1 fully saturated rings. The highest BCUT2D eigenvalue weighted by molar-refractivity contribution is 7.99. The van der Waals surface area contributed by atoms with Gasteiger partial charge in [-0.1, -0.05) is 6.92 Å². The van der Waals surface area contributed by atoms with Crippen LogP contribution in [0, 0.1) is 5.92 Å². The second-order valence-corrected chi connectivity index (χ2v) is 5.86. The molecule has 0 saturated carbocycles. The zero-order chi connectivity index (χ0) is 14.0. The van der Waals surface area contributed by atoms with Crippen molar-refractivity contribution in [2.75, 3.05) is 11.5 Å². The van der Waals surface area contributed by atoms with E-state index in [0.29, 0.717) is 17.3 Å². The molecule has 3 atom stereocenters. The molecule has 0 radical (unpaired) electrons. The van der Waals surface area contributed by atoms with E-state index < -0.39 is 12.0 Å². The number of carbonyl (C=O) groups is 2.